The maximum Gasteiger partial charge on any atom is 0.328 e. The summed E-state index contributed by atoms with van der Waals surface area (Å²) >= 11 is 0. The van der Waals surface area contributed by atoms with Crippen LogP contribution in [0.2, 0.25) is 0 Å². The molecule has 0 fully saturated rings. The van der Waals surface area contributed by atoms with E-state index in [1.165, 1.54) is 16.3 Å². The minimum atomic E-state index is -0.983. The van der Waals surface area contributed by atoms with E-state index in [1.807, 2.05) is 41.2 Å². The Morgan fingerprint density at radius 2 is 1.84 bits per heavy atom. The highest BCUT2D eigenvalue weighted by atomic mass is 16.5. The van der Waals surface area contributed by atoms with Crippen molar-refractivity contribution < 1.29 is 14.6 Å². The van der Waals surface area contributed by atoms with E-state index in [0.29, 0.717) is 18.9 Å². The fraction of sp³-hybridized carbons (Fsp3) is 0.154. The van der Waals surface area contributed by atoms with Crippen LogP contribution in [0.4, 0.5) is 0 Å². The van der Waals surface area contributed by atoms with Crippen molar-refractivity contribution in [2.45, 2.75) is 19.4 Å². The molecule has 0 saturated heterocycles. The van der Waals surface area contributed by atoms with E-state index >= 15 is 0 Å². The van der Waals surface area contributed by atoms with Gasteiger partial charge < -0.3 is 9.84 Å². The molecule has 4 rings (SSSR count). The molecule has 5 heteroatoms. The van der Waals surface area contributed by atoms with E-state index < -0.39 is 5.97 Å². The molecule has 0 bridgehead atoms. The van der Waals surface area contributed by atoms with Gasteiger partial charge in [0.25, 0.3) is 0 Å². The monoisotopic (exact) mass is 412 g/mol. The lowest BCUT2D eigenvalue weighted by Crippen LogP contribution is -2.04. The number of hydrogen-bond donors (Lipinski definition) is 1. The summed E-state index contributed by atoms with van der Waals surface area (Å²) in [6.07, 6.45) is 8.13. The van der Waals surface area contributed by atoms with Crippen LogP contribution in [0, 0.1) is 0 Å². The fourth-order valence-corrected chi connectivity index (χ4v) is 3.53. The molecule has 4 aromatic rings. The Morgan fingerprint density at radius 3 is 2.65 bits per heavy atom. The van der Waals surface area contributed by atoms with E-state index in [9.17, 15) is 4.79 Å². The zero-order valence-corrected chi connectivity index (χ0v) is 17.1. The van der Waals surface area contributed by atoms with Crippen LogP contribution in [0.5, 0.6) is 5.75 Å². The molecule has 156 valence electrons. The third-order valence-corrected chi connectivity index (χ3v) is 5.07. The summed E-state index contributed by atoms with van der Waals surface area (Å²) in [6, 6.07) is 22.6. The number of rotatable bonds is 9. The number of aromatic nitrogens is 2. The highest BCUT2D eigenvalue weighted by molar-refractivity contribution is 5.86. The Hall–Kier alpha value is -3.86. The average Bonchev–Trinajstić information content (AvgIpc) is 3.29. The summed E-state index contributed by atoms with van der Waals surface area (Å²) in [5, 5.41) is 15.7. The Labute approximate surface area is 181 Å². The van der Waals surface area contributed by atoms with Crippen LogP contribution in [-0.2, 0) is 17.8 Å². The molecule has 0 radical (unpaired) electrons. The molecule has 0 aliphatic carbocycles. The van der Waals surface area contributed by atoms with Gasteiger partial charge in [-0.15, -0.1) is 0 Å². The minimum absolute atomic E-state index is 0.548. The van der Waals surface area contributed by atoms with Gasteiger partial charge in [0.2, 0.25) is 0 Å². The normalized spacial score (nSPS) is 11.2. The highest BCUT2D eigenvalue weighted by Gasteiger charge is 2.06. The van der Waals surface area contributed by atoms with Crippen LogP contribution in [-0.4, -0.2) is 27.5 Å². The molecular formula is C26H24N2O3. The topological polar surface area (TPSA) is 64.3 Å². The summed E-state index contributed by atoms with van der Waals surface area (Å²) in [6.45, 7) is 1.18. The van der Waals surface area contributed by atoms with Crippen molar-refractivity contribution >= 4 is 22.8 Å². The maximum absolute atomic E-state index is 10.9. The van der Waals surface area contributed by atoms with Crippen molar-refractivity contribution in [2.75, 3.05) is 6.61 Å². The molecule has 0 amide bonds. The second-order valence-electron chi connectivity index (χ2n) is 7.38. The number of carboxylic acids is 1. The standard InChI is InChI=1S/C26H24N2O3/c29-26(30)13-12-23-11-9-21(19-28-15-4-14-27-28)18-25(23)31-16-3-5-20-8-10-22-6-1-2-7-24(22)17-20/h1-2,4,6-15,17-18H,3,5,16,19H2,(H,29,30)/b13-12+. The fourth-order valence-electron chi connectivity index (χ4n) is 3.53. The molecular weight excluding hydrogens is 388 g/mol. The Balaban J connectivity index is 1.42. The van der Waals surface area contributed by atoms with Crippen molar-refractivity contribution in [3.05, 3.63) is 102 Å². The zero-order valence-electron chi connectivity index (χ0n) is 17.1. The van der Waals surface area contributed by atoms with Crippen LogP contribution in [0.1, 0.15) is 23.1 Å². The predicted molar refractivity (Wildman–Crippen MR) is 122 cm³/mol. The summed E-state index contributed by atoms with van der Waals surface area (Å²) in [4.78, 5) is 10.9. The first-order chi connectivity index (χ1) is 15.2. The molecule has 5 nitrogen and oxygen atoms in total. The first kappa shape index (κ1) is 20.4. The second kappa shape index (κ2) is 9.76. The van der Waals surface area contributed by atoms with Crippen molar-refractivity contribution in [3.8, 4) is 5.75 Å². The van der Waals surface area contributed by atoms with Crippen LogP contribution in [0.3, 0.4) is 0 Å². The van der Waals surface area contributed by atoms with Gasteiger partial charge in [-0.1, -0.05) is 54.6 Å². The second-order valence-corrected chi connectivity index (χ2v) is 7.38. The lowest BCUT2D eigenvalue weighted by Gasteiger charge is -2.12. The van der Waals surface area contributed by atoms with Crippen LogP contribution in [0.25, 0.3) is 16.8 Å². The number of carbonyl (C=O) groups is 1. The number of benzene rings is 3. The zero-order chi connectivity index (χ0) is 21.5. The summed E-state index contributed by atoms with van der Waals surface area (Å²) < 4.78 is 7.90. The van der Waals surface area contributed by atoms with Crippen LogP contribution >= 0.6 is 0 Å². The Bertz CT molecular complexity index is 1200. The number of ether oxygens (including phenoxy) is 1. The third-order valence-electron chi connectivity index (χ3n) is 5.07. The van der Waals surface area contributed by atoms with Gasteiger partial charge >= 0.3 is 5.97 Å². The summed E-state index contributed by atoms with van der Waals surface area (Å²) in [5.74, 6) is -0.302. The molecule has 0 unspecified atom stereocenters. The summed E-state index contributed by atoms with van der Waals surface area (Å²) in [7, 11) is 0. The molecule has 0 saturated carbocycles. The first-order valence-electron chi connectivity index (χ1n) is 10.3. The summed E-state index contributed by atoms with van der Waals surface area (Å²) in [5.41, 5.74) is 3.07. The van der Waals surface area contributed by atoms with E-state index in [-0.39, 0.29) is 0 Å². The van der Waals surface area contributed by atoms with Gasteiger partial charge in [0.05, 0.1) is 13.2 Å². The molecule has 0 aliphatic heterocycles. The molecule has 0 aliphatic rings. The van der Waals surface area contributed by atoms with Gasteiger partial charge in [0.15, 0.2) is 0 Å². The molecule has 0 atom stereocenters. The van der Waals surface area contributed by atoms with Crippen molar-refractivity contribution in [2.24, 2.45) is 0 Å². The van der Waals surface area contributed by atoms with Crippen molar-refractivity contribution in [1.82, 2.24) is 9.78 Å². The van der Waals surface area contributed by atoms with Gasteiger partial charge in [0.1, 0.15) is 5.75 Å². The Kier molecular flexibility index (Phi) is 6.43. The van der Waals surface area contributed by atoms with Crippen molar-refractivity contribution in [3.63, 3.8) is 0 Å². The van der Waals surface area contributed by atoms with E-state index in [1.54, 1.807) is 12.3 Å². The van der Waals surface area contributed by atoms with Gasteiger partial charge in [-0.05, 0) is 52.9 Å². The average molecular weight is 412 g/mol. The van der Waals surface area contributed by atoms with E-state index in [0.717, 1.165) is 30.0 Å². The number of nitrogens with zero attached hydrogens (tertiary/aromatic N) is 2. The molecule has 0 spiro atoms. The largest absolute Gasteiger partial charge is 0.493 e. The van der Waals surface area contributed by atoms with E-state index in [2.05, 4.69) is 41.5 Å². The molecule has 1 aromatic heterocycles. The lowest BCUT2D eigenvalue weighted by atomic mass is 10.0. The number of carboxylic acid groups (broad SMARTS) is 1. The smallest absolute Gasteiger partial charge is 0.328 e. The molecule has 31 heavy (non-hydrogen) atoms. The lowest BCUT2D eigenvalue weighted by molar-refractivity contribution is -0.131. The Morgan fingerprint density at radius 1 is 1.00 bits per heavy atom. The van der Waals surface area contributed by atoms with Crippen LogP contribution < -0.4 is 4.74 Å². The predicted octanol–water partition coefficient (Wildman–Crippen LogP) is 5.19. The number of hydrogen-bond acceptors (Lipinski definition) is 3. The van der Waals surface area contributed by atoms with Gasteiger partial charge in [0, 0.05) is 24.0 Å². The van der Waals surface area contributed by atoms with E-state index in [4.69, 9.17) is 9.84 Å². The third kappa shape index (κ3) is 5.60. The quantitative estimate of drug-likeness (QED) is 0.303. The first-order valence-corrected chi connectivity index (χ1v) is 10.3. The molecule has 1 heterocycles. The molecule has 1 N–H and O–H groups in total. The minimum Gasteiger partial charge on any atom is -0.493 e. The number of aliphatic carboxylic acids is 1. The highest BCUT2D eigenvalue weighted by Crippen LogP contribution is 2.23. The number of fused-ring (bicyclic) bond motifs is 1. The van der Waals surface area contributed by atoms with Crippen LogP contribution in [0.15, 0.2) is 85.2 Å². The van der Waals surface area contributed by atoms with Gasteiger partial charge in [-0.2, -0.15) is 5.10 Å². The van der Waals surface area contributed by atoms with Gasteiger partial charge in [-0.25, -0.2) is 4.79 Å². The van der Waals surface area contributed by atoms with Crippen molar-refractivity contribution in [1.29, 1.82) is 0 Å². The molecule has 3 aromatic carbocycles. The maximum atomic E-state index is 10.9. The van der Waals surface area contributed by atoms with Gasteiger partial charge in [-0.3, -0.25) is 4.68 Å². The number of aryl methyl sites for hydroxylation is 1. The SMILES string of the molecule is O=C(O)/C=C/c1ccc(Cn2cccn2)cc1OCCCc1ccc2ccccc2c1.